The van der Waals surface area contributed by atoms with Crippen molar-refractivity contribution in [2.24, 2.45) is 0 Å². The first kappa shape index (κ1) is 13.0. The normalized spacial score (nSPS) is 13.2. The van der Waals surface area contributed by atoms with Crippen LogP contribution in [0.15, 0.2) is 24.4 Å². The molecule has 98 valence electrons. The standard InChI is InChI=1S/C14H16F3N/c1-4-13(2,3)11-8-18-12-9(11)6-5-7-10(12)14(15,16)17/h5-8,18H,4H2,1-3H3. The van der Waals surface area contributed by atoms with E-state index in [1.54, 1.807) is 12.3 Å². The van der Waals surface area contributed by atoms with E-state index in [0.29, 0.717) is 5.39 Å². The van der Waals surface area contributed by atoms with Gasteiger partial charge in [0.25, 0.3) is 0 Å². The zero-order chi connectivity index (χ0) is 13.6. The number of alkyl halides is 3. The molecule has 0 spiro atoms. The Kier molecular flexibility index (Phi) is 2.92. The molecular weight excluding hydrogens is 239 g/mol. The van der Waals surface area contributed by atoms with E-state index in [2.05, 4.69) is 4.98 Å². The van der Waals surface area contributed by atoms with Gasteiger partial charge in [0.2, 0.25) is 0 Å². The van der Waals surface area contributed by atoms with Crippen molar-refractivity contribution in [1.29, 1.82) is 0 Å². The minimum Gasteiger partial charge on any atom is -0.360 e. The first-order chi connectivity index (χ1) is 8.27. The largest absolute Gasteiger partial charge is 0.418 e. The molecule has 2 rings (SSSR count). The summed E-state index contributed by atoms with van der Waals surface area (Å²) in [6.45, 7) is 6.11. The summed E-state index contributed by atoms with van der Waals surface area (Å²) in [5, 5.41) is 0.664. The molecule has 0 aliphatic carbocycles. The van der Waals surface area contributed by atoms with Crippen LogP contribution >= 0.6 is 0 Å². The summed E-state index contributed by atoms with van der Waals surface area (Å²) < 4.78 is 38.7. The zero-order valence-corrected chi connectivity index (χ0v) is 10.7. The van der Waals surface area contributed by atoms with Crippen LogP contribution in [0.3, 0.4) is 0 Å². The molecule has 0 saturated heterocycles. The Balaban J connectivity index is 2.70. The number of rotatable bonds is 2. The van der Waals surface area contributed by atoms with Gasteiger partial charge in [-0.05, 0) is 23.5 Å². The second-order valence-corrected chi connectivity index (χ2v) is 5.17. The molecule has 1 heterocycles. The van der Waals surface area contributed by atoms with Crippen LogP contribution in [0.25, 0.3) is 10.9 Å². The van der Waals surface area contributed by atoms with E-state index in [1.807, 2.05) is 20.8 Å². The van der Waals surface area contributed by atoms with Gasteiger partial charge in [0, 0.05) is 11.6 Å². The van der Waals surface area contributed by atoms with E-state index in [9.17, 15) is 13.2 Å². The number of hydrogen-bond acceptors (Lipinski definition) is 0. The summed E-state index contributed by atoms with van der Waals surface area (Å²) >= 11 is 0. The highest BCUT2D eigenvalue weighted by Gasteiger charge is 2.34. The average molecular weight is 255 g/mol. The molecule has 0 amide bonds. The van der Waals surface area contributed by atoms with Crippen molar-refractivity contribution in [1.82, 2.24) is 4.98 Å². The molecule has 2 aromatic rings. The third-order valence-corrected chi connectivity index (χ3v) is 3.63. The van der Waals surface area contributed by atoms with Gasteiger partial charge in [0.1, 0.15) is 0 Å². The Morgan fingerprint density at radius 2 is 1.78 bits per heavy atom. The van der Waals surface area contributed by atoms with Gasteiger partial charge >= 0.3 is 6.18 Å². The van der Waals surface area contributed by atoms with Crippen molar-refractivity contribution in [2.75, 3.05) is 0 Å². The Bertz CT molecular complexity index is 564. The fourth-order valence-electron chi connectivity index (χ4n) is 2.14. The van der Waals surface area contributed by atoms with E-state index >= 15 is 0 Å². The van der Waals surface area contributed by atoms with Crippen LogP contribution in [0.4, 0.5) is 13.2 Å². The number of fused-ring (bicyclic) bond motifs is 1. The van der Waals surface area contributed by atoms with Gasteiger partial charge in [-0.1, -0.05) is 32.9 Å². The van der Waals surface area contributed by atoms with Crippen LogP contribution in [0, 0.1) is 0 Å². The third-order valence-electron chi connectivity index (χ3n) is 3.63. The molecule has 0 bridgehead atoms. The lowest BCUT2D eigenvalue weighted by Gasteiger charge is -2.22. The van der Waals surface area contributed by atoms with Crippen LogP contribution in [0.1, 0.15) is 38.3 Å². The summed E-state index contributed by atoms with van der Waals surface area (Å²) in [6, 6.07) is 4.32. The SMILES string of the molecule is CCC(C)(C)c1c[nH]c2c(C(F)(F)F)cccc12. The maximum Gasteiger partial charge on any atom is 0.418 e. The summed E-state index contributed by atoms with van der Waals surface area (Å²) in [7, 11) is 0. The summed E-state index contributed by atoms with van der Waals surface area (Å²) in [6.07, 6.45) is -1.75. The van der Waals surface area contributed by atoms with Gasteiger partial charge in [-0.15, -0.1) is 0 Å². The van der Waals surface area contributed by atoms with Gasteiger partial charge in [-0.3, -0.25) is 0 Å². The monoisotopic (exact) mass is 255 g/mol. The van der Waals surface area contributed by atoms with Crippen LogP contribution < -0.4 is 0 Å². The second-order valence-electron chi connectivity index (χ2n) is 5.17. The van der Waals surface area contributed by atoms with Gasteiger partial charge in [0.05, 0.1) is 11.1 Å². The number of hydrogen-bond donors (Lipinski definition) is 1. The van der Waals surface area contributed by atoms with Crippen molar-refractivity contribution in [2.45, 2.75) is 38.8 Å². The highest BCUT2D eigenvalue weighted by Crippen LogP contribution is 2.38. The highest BCUT2D eigenvalue weighted by molar-refractivity contribution is 5.87. The van der Waals surface area contributed by atoms with Crippen LogP contribution in [-0.2, 0) is 11.6 Å². The molecule has 0 aliphatic rings. The zero-order valence-electron chi connectivity index (χ0n) is 10.7. The summed E-state index contributed by atoms with van der Waals surface area (Å²) in [5.74, 6) is 0. The fourth-order valence-corrected chi connectivity index (χ4v) is 2.14. The average Bonchev–Trinajstić information content (AvgIpc) is 2.71. The molecule has 1 aromatic heterocycles. The molecule has 4 heteroatoms. The van der Waals surface area contributed by atoms with Crippen molar-refractivity contribution in [3.8, 4) is 0 Å². The van der Waals surface area contributed by atoms with Gasteiger partial charge in [-0.25, -0.2) is 0 Å². The topological polar surface area (TPSA) is 15.8 Å². The molecule has 0 aliphatic heterocycles. The minimum atomic E-state index is -4.32. The first-order valence-corrected chi connectivity index (χ1v) is 5.95. The maximum atomic E-state index is 12.9. The molecule has 0 saturated carbocycles. The van der Waals surface area contributed by atoms with Crippen molar-refractivity contribution in [3.05, 3.63) is 35.5 Å². The van der Waals surface area contributed by atoms with E-state index in [0.717, 1.165) is 18.1 Å². The first-order valence-electron chi connectivity index (χ1n) is 5.95. The Labute approximate surface area is 104 Å². The highest BCUT2D eigenvalue weighted by atomic mass is 19.4. The second kappa shape index (κ2) is 4.04. The summed E-state index contributed by atoms with van der Waals surface area (Å²) in [5.41, 5.74) is 0.383. The number of benzene rings is 1. The maximum absolute atomic E-state index is 12.9. The van der Waals surface area contributed by atoms with Gasteiger partial charge in [0.15, 0.2) is 0 Å². The third kappa shape index (κ3) is 2.00. The van der Waals surface area contributed by atoms with E-state index in [4.69, 9.17) is 0 Å². The Morgan fingerprint density at radius 1 is 1.11 bits per heavy atom. The molecule has 0 unspecified atom stereocenters. The van der Waals surface area contributed by atoms with Crippen molar-refractivity contribution < 1.29 is 13.2 Å². The van der Waals surface area contributed by atoms with Gasteiger partial charge < -0.3 is 4.98 Å². The number of aromatic nitrogens is 1. The smallest absolute Gasteiger partial charge is 0.360 e. The van der Waals surface area contributed by atoms with E-state index < -0.39 is 11.7 Å². The lowest BCUT2D eigenvalue weighted by molar-refractivity contribution is -0.136. The molecule has 1 nitrogen and oxygen atoms in total. The van der Waals surface area contributed by atoms with Crippen molar-refractivity contribution in [3.63, 3.8) is 0 Å². The predicted molar refractivity (Wildman–Crippen MR) is 66.6 cm³/mol. The molecular formula is C14H16F3N. The molecule has 0 radical (unpaired) electrons. The van der Waals surface area contributed by atoms with Crippen LogP contribution in [0.2, 0.25) is 0 Å². The van der Waals surface area contributed by atoms with E-state index in [-0.39, 0.29) is 10.9 Å². The van der Waals surface area contributed by atoms with Gasteiger partial charge in [-0.2, -0.15) is 13.2 Å². The number of H-pyrrole nitrogens is 1. The number of nitrogens with one attached hydrogen (secondary N) is 1. The lowest BCUT2D eigenvalue weighted by Crippen LogP contribution is -2.14. The quantitative estimate of drug-likeness (QED) is 0.787. The number of para-hydroxylation sites is 1. The minimum absolute atomic E-state index is 0.136. The number of aromatic amines is 1. The summed E-state index contributed by atoms with van der Waals surface area (Å²) in [4.78, 5) is 2.78. The molecule has 0 fully saturated rings. The predicted octanol–water partition coefficient (Wildman–Crippen LogP) is 4.87. The molecule has 18 heavy (non-hydrogen) atoms. The Morgan fingerprint density at radius 3 is 2.33 bits per heavy atom. The Hall–Kier alpha value is -1.45. The van der Waals surface area contributed by atoms with E-state index in [1.165, 1.54) is 6.07 Å². The lowest BCUT2D eigenvalue weighted by atomic mass is 9.82. The molecule has 0 atom stereocenters. The van der Waals surface area contributed by atoms with Crippen LogP contribution in [-0.4, -0.2) is 4.98 Å². The molecule has 1 N–H and O–H groups in total. The fraction of sp³-hybridized carbons (Fsp3) is 0.429. The molecule has 1 aromatic carbocycles. The van der Waals surface area contributed by atoms with Crippen LogP contribution in [0.5, 0.6) is 0 Å². The number of halogens is 3. The van der Waals surface area contributed by atoms with Crippen molar-refractivity contribution >= 4 is 10.9 Å².